The fraction of sp³-hybridized carbons (Fsp3) is 0.464. The van der Waals surface area contributed by atoms with E-state index in [1.807, 2.05) is 12.1 Å². The molecular weight excluding hydrogens is 659 g/mol. The maximum absolute atomic E-state index is 13.0. The Labute approximate surface area is 264 Å². The smallest absolute Gasteiger partial charge is 0.487 e. The highest BCUT2D eigenvalue weighted by molar-refractivity contribution is 6.32. The molecule has 2 aromatic carbocycles. The predicted octanol–water partition coefficient (Wildman–Crippen LogP) is 5.92. The van der Waals surface area contributed by atoms with Crippen LogP contribution >= 0.6 is 23.2 Å². The Morgan fingerprint density at radius 2 is 1.58 bits per heavy atom. The van der Waals surface area contributed by atoms with Crippen LogP contribution in [-0.4, -0.2) is 73.5 Å². The van der Waals surface area contributed by atoms with Gasteiger partial charge in [0, 0.05) is 36.6 Å². The Balaban J connectivity index is 1.70. The highest BCUT2D eigenvalue weighted by Crippen LogP contribution is 2.37. The van der Waals surface area contributed by atoms with E-state index in [0.29, 0.717) is 37.5 Å². The van der Waals surface area contributed by atoms with Gasteiger partial charge in [-0.05, 0) is 49.7 Å². The number of piperidine rings is 1. The molecular formula is C28H29Cl2F6N3O6. The van der Waals surface area contributed by atoms with Crippen LogP contribution in [0, 0.1) is 0 Å². The van der Waals surface area contributed by atoms with E-state index in [1.165, 1.54) is 6.92 Å². The number of halogens is 8. The average molecular weight is 688 g/mol. The van der Waals surface area contributed by atoms with Crippen LogP contribution < -0.4 is 20.1 Å². The minimum atomic E-state index is -5.37. The van der Waals surface area contributed by atoms with Crippen molar-refractivity contribution in [1.29, 1.82) is 0 Å². The Bertz CT molecular complexity index is 1340. The lowest BCUT2D eigenvalue weighted by Gasteiger charge is -2.33. The van der Waals surface area contributed by atoms with Gasteiger partial charge in [-0.1, -0.05) is 42.3 Å². The van der Waals surface area contributed by atoms with Crippen molar-refractivity contribution < 1.29 is 54.9 Å². The molecule has 45 heavy (non-hydrogen) atoms. The first-order valence-electron chi connectivity index (χ1n) is 13.6. The van der Waals surface area contributed by atoms with Crippen LogP contribution in [0.15, 0.2) is 36.4 Å². The molecule has 1 fully saturated rings. The minimum Gasteiger partial charge on any atom is -0.487 e. The third kappa shape index (κ3) is 11.6. The van der Waals surface area contributed by atoms with E-state index in [-0.39, 0.29) is 24.7 Å². The molecule has 0 spiro atoms. The molecule has 0 saturated carbocycles. The summed E-state index contributed by atoms with van der Waals surface area (Å²) in [5.41, 5.74) is 0.885. The molecule has 0 aliphatic carbocycles. The molecule has 1 heterocycles. The number of nitrogens with one attached hydrogen (secondary N) is 2. The highest BCUT2D eigenvalue weighted by Gasteiger charge is 2.43. The monoisotopic (exact) mass is 687 g/mol. The number of benzene rings is 2. The zero-order chi connectivity index (χ0) is 33.4. The number of amides is 1. The molecule has 1 aliphatic heterocycles. The maximum Gasteiger partial charge on any atom is 0.491 e. The van der Waals surface area contributed by atoms with Crippen LogP contribution in [0.25, 0.3) is 0 Å². The number of ether oxygens (including phenoxy) is 3. The van der Waals surface area contributed by atoms with Crippen LogP contribution in [0.1, 0.15) is 31.7 Å². The topological polar surface area (TPSA) is 106 Å². The first-order chi connectivity index (χ1) is 21.0. The zero-order valence-corrected chi connectivity index (χ0v) is 25.2. The Kier molecular flexibility index (Phi) is 12.7. The lowest BCUT2D eigenvalue weighted by Crippen LogP contribution is -2.46. The average Bonchev–Trinajstić information content (AvgIpc) is 2.97. The van der Waals surface area contributed by atoms with E-state index in [2.05, 4.69) is 25.0 Å². The summed E-state index contributed by atoms with van der Waals surface area (Å²) >= 11 is 11.9. The van der Waals surface area contributed by atoms with Crippen LogP contribution in [0.3, 0.4) is 0 Å². The van der Waals surface area contributed by atoms with Gasteiger partial charge in [0.25, 0.3) is 0 Å². The van der Waals surface area contributed by atoms with Gasteiger partial charge in [-0.25, -0.2) is 9.59 Å². The summed E-state index contributed by atoms with van der Waals surface area (Å²) < 4.78 is 91.7. The van der Waals surface area contributed by atoms with Gasteiger partial charge in [-0.3, -0.25) is 9.69 Å². The number of carbonyl (C=O) groups excluding carboxylic acids is 3. The molecule has 1 atom stereocenters. The highest BCUT2D eigenvalue weighted by atomic mass is 35.5. The Morgan fingerprint density at radius 3 is 2.16 bits per heavy atom. The summed E-state index contributed by atoms with van der Waals surface area (Å²) in [7, 11) is 0. The first-order valence-corrected chi connectivity index (χ1v) is 14.3. The second-order valence-electron chi connectivity index (χ2n) is 9.99. The van der Waals surface area contributed by atoms with Crippen molar-refractivity contribution in [3.05, 3.63) is 52.0 Å². The standard InChI is InChI=1S/C28H29Cl2F6N3O6/c1-2-24(40)38-21-11-20(30)22(45-26(42)28(34,35)36)12-23(21)43-15-19(44-25(41)27(31,32)33)13-37-18-7-9-39(10-8-18)14-16-3-5-17(29)6-4-16/h3-6,11-12,18-19,37H,2,7-10,13-15H2,1H3,(H,38,40)/t19-/m0/s1. The van der Waals surface area contributed by atoms with Crippen LogP contribution in [0.2, 0.25) is 10.0 Å². The van der Waals surface area contributed by atoms with E-state index in [0.717, 1.165) is 17.7 Å². The lowest BCUT2D eigenvalue weighted by molar-refractivity contribution is -0.205. The molecule has 17 heteroatoms. The molecule has 2 N–H and O–H groups in total. The van der Waals surface area contributed by atoms with Gasteiger partial charge in [0.2, 0.25) is 5.91 Å². The van der Waals surface area contributed by atoms with Crippen LogP contribution in [0.5, 0.6) is 11.5 Å². The summed E-state index contributed by atoms with van der Waals surface area (Å²) in [4.78, 5) is 37.2. The molecule has 0 aromatic heterocycles. The second kappa shape index (κ2) is 15.8. The molecule has 0 bridgehead atoms. The van der Waals surface area contributed by atoms with Crippen molar-refractivity contribution in [3.8, 4) is 11.5 Å². The van der Waals surface area contributed by atoms with Gasteiger partial charge >= 0.3 is 24.3 Å². The normalized spacial score (nSPS) is 15.3. The summed E-state index contributed by atoms with van der Waals surface area (Å²) in [6.45, 7) is 2.53. The molecule has 0 radical (unpaired) electrons. The Hall–Kier alpha value is -3.27. The van der Waals surface area contributed by atoms with Crippen LogP contribution in [-0.2, 0) is 25.7 Å². The van der Waals surface area contributed by atoms with E-state index in [4.69, 9.17) is 27.9 Å². The van der Waals surface area contributed by atoms with Crippen molar-refractivity contribution in [2.24, 2.45) is 0 Å². The first kappa shape index (κ1) is 36.2. The van der Waals surface area contributed by atoms with E-state index >= 15 is 0 Å². The maximum atomic E-state index is 13.0. The van der Waals surface area contributed by atoms with Gasteiger partial charge in [0.1, 0.15) is 18.5 Å². The number of rotatable bonds is 12. The Morgan fingerprint density at radius 1 is 0.956 bits per heavy atom. The number of alkyl halides is 6. The van der Waals surface area contributed by atoms with Gasteiger partial charge in [0.05, 0.1) is 10.7 Å². The van der Waals surface area contributed by atoms with Crippen molar-refractivity contribution in [2.45, 2.75) is 57.2 Å². The van der Waals surface area contributed by atoms with Crippen molar-refractivity contribution >= 4 is 46.7 Å². The fourth-order valence-corrected chi connectivity index (χ4v) is 4.53. The second-order valence-corrected chi connectivity index (χ2v) is 10.8. The SMILES string of the molecule is CCC(=O)Nc1cc(Cl)c(OC(=O)C(F)(F)F)cc1OC[C@H](CNC1CCN(Cc2ccc(Cl)cc2)CC1)OC(=O)C(F)(F)F. The quantitative estimate of drug-likeness (QED) is 0.161. The third-order valence-corrected chi connectivity index (χ3v) is 7.08. The predicted molar refractivity (Wildman–Crippen MR) is 151 cm³/mol. The largest absolute Gasteiger partial charge is 0.491 e. The zero-order valence-electron chi connectivity index (χ0n) is 23.7. The van der Waals surface area contributed by atoms with Gasteiger partial charge < -0.3 is 24.8 Å². The van der Waals surface area contributed by atoms with Gasteiger partial charge in [-0.2, -0.15) is 26.3 Å². The van der Waals surface area contributed by atoms with Gasteiger partial charge in [-0.15, -0.1) is 0 Å². The molecule has 0 unspecified atom stereocenters. The number of hydrogen-bond donors (Lipinski definition) is 2. The van der Waals surface area contributed by atoms with Gasteiger partial charge in [0.15, 0.2) is 5.75 Å². The van der Waals surface area contributed by atoms with E-state index in [1.54, 1.807) is 12.1 Å². The van der Waals surface area contributed by atoms with E-state index in [9.17, 15) is 40.7 Å². The number of carbonyl (C=O) groups is 3. The summed E-state index contributed by atoms with van der Waals surface area (Å²) in [6, 6.07) is 8.96. The fourth-order valence-electron chi connectivity index (χ4n) is 4.20. The number of anilines is 1. The number of nitrogens with zero attached hydrogens (tertiary/aromatic N) is 1. The minimum absolute atomic E-state index is 0.0316. The molecule has 1 saturated heterocycles. The molecule has 9 nitrogen and oxygen atoms in total. The third-order valence-electron chi connectivity index (χ3n) is 6.53. The van der Waals surface area contributed by atoms with E-state index < -0.39 is 59.4 Å². The summed E-state index contributed by atoms with van der Waals surface area (Å²) in [5, 5.41) is 5.57. The summed E-state index contributed by atoms with van der Waals surface area (Å²) in [6.07, 6.45) is -11.0. The number of hydrogen-bond acceptors (Lipinski definition) is 8. The van der Waals surface area contributed by atoms with Crippen molar-refractivity contribution in [1.82, 2.24) is 10.2 Å². The molecule has 1 aliphatic rings. The molecule has 248 valence electrons. The molecule has 3 rings (SSSR count). The lowest BCUT2D eigenvalue weighted by atomic mass is 10.0. The summed E-state index contributed by atoms with van der Waals surface area (Å²) in [5.74, 6) is -6.85. The molecule has 2 aromatic rings. The van der Waals surface area contributed by atoms with Crippen molar-refractivity contribution in [3.63, 3.8) is 0 Å². The number of likely N-dealkylation sites (tertiary alicyclic amines) is 1. The van der Waals surface area contributed by atoms with Crippen molar-refractivity contribution in [2.75, 3.05) is 31.6 Å². The number of esters is 2. The molecule has 1 amide bonds. The van der Waals surface area contributed by atoms with Crippen LogP contribution in [0.4, 0.5) is 32.0 Å².